The smallest absolute Gasteiger partial charge is 0.213 e. The molecule has 2 heterocycles. The molecular formula is C12H19ClN2O. The van der Waals surface area contributed by atoms with Crippen molar-refractivity contribution in [2.24, 2.45) is 5.92 Å². The summed E-state index contributed by atoms with van der Waals surface area (Å²) < 4.78 is 5.68. The highest BCUT2D eigenvalue weighted by Crippen LogP contribution is 2.13. The van der Waals surface area contributed by atoms with Crippen molar-refractivity contribution in [2.45, 2.75) is 19.8 Å². The van der Waals surface area contributed by atoms with Gasteiger partial charge in [-0.1, -0.05) is 0 Å². The second-order valence-electron chi connectivity index (χ2n) is 4.19. The van der Waals surface area contributed by atoms with Crippen LogP contribution in [0.4, 0.5) is 0 Å². The van der Waals surface area contributed by atoms with Crippen LogP contribution in [0.3, 0.4) is 0 Å². The van der Waals surface area contributed by atoms with Crippen LogP contribution in [0.15, 0.2) is 18.3 Å². The van der Waals surface area contributed by atoms with Gasteiger partial charge in [-0.2, -0.15) is 0 Å². The fourth-order valence-corrected chi connectivity index (χ4v) is 1.86. The van der Waals surface area contributed by atoms with E-state index in [1.54, 1.807) is 6.20 Å². The largest absolute Gasteiger partial charge is 0.477 e. The van der Waals surface area contributed by atoms with E-state index in [4.69, 9.17) is 4.74 Å². The lowest BCUT2D eigenvalue weighted by Crippen LogP contribution is -2.33. The SMILES string of the molecule is Cc1ccnc(OCC2CCCNC2)c1.Cl. The van der Waals surface area contributed by atoms with Gasteiger partial charge >= 0.3 is 0 Å². The number of aromatic nitrogens is 1. The number of hydrogen-bond donors (Lipinski definition) is 1. The molecule has 2 rings (SSSR count). The van der Waals surface area contributed by atoms with Gasteiger partial charge in [-0.3, -0.25) is 0 Å². The van der Waals surface area contributed by atoms with Gasteiger partial charge < -0.3 is 10.1 Å². The summed E-state index contributed by atoms with van der Waals surface area (Å²) in [5.41, 5.74) is 1.20. The maximum Gasteiger partial charge on any atom is 0.213 e. The number of aryl methyl sites for hydroxylation is 1. The first-order valence-corrected chi connectivity index (χ1v) is 5.61. The van der Waals surface area contributed by atoms with Gasteiger partial charge in [0.25, 0.3) is 0 Å². The molecule has 0 radical (unpaired) electrons. The highest BCUT2D eigenvalue weighted by atomic mass is 35.5. The minimum atomic E-state index is 0. The summed E-state index contributed by atoms with van der Waals surface area (Å²) in [6.07, 6.45) is 4.32. The number of rotatable bonds is 3. The molecule has 1 aromatic rings. The first-order valence-electron chi connectivity index (χ1n) is 5.61. The zero-order valence-corrected chi connectivity index (χ0v) is 10.4. The number of ether oxygens (including phenoxy) is 1. The average Bonchev–Trinajstić information content (AvgIpc) is 2.28. The zero-order valence-electron chi connectivity index (χ0n) is 9.61. The van der Waals surface area contributed by atoms with Gasteiger partial charge in [-0.05, 0) is 37.9 Å². The van der Waals surface area contributed by atoms with Crippen LogP contribution in [0, 0.1) is 12.8 Å². The standard InChI is InChI=1S/C12H18N2O.ClH/c1-10-4-6-14-12(7-10)15-9-11-3-2-5-13-8-11;/h4,6-7,11,13H,2-3,5,8-9H2,1H3;1H. The molecule has 0 aromatic carbocycles. The second-order valence-corrected chi connectivity index (χ2v) is 4.19. The van der Waals surface area contributed by atoms with Crippen molar-refractivity contribution in [1.82, 2.24) is 10.3 Å². The Hall–Kier alpha value is -0.800. The Morgan fingerprint density at radius 1 is 1.56 bits per heavy atom. The highest BCUT2D eigenvalue weighted by molar-refractivity contribution is 5.85. The Morgan fingerprint density at radius 3 is 3.12 bits per heavy atom. The van der Waals surface area contributed by atoms with E-state index in [9.17, 15) is 0 Å². The number of hydrogen-bond acceptors (Lipinski definition) is 3. The molecule has 16 heavy (non-hydrogen) atoms. The lowest BCUT2D eigenvalue weighted by atomic mass is 10.0. The molecule has 1 aliphatic rings. The number of piperidine rings is 1. The van der Waals surface area contributed by atoms with Crippen LogP contribution in [0.2, 0.25) is 0 Å². The minimum absolute atomic E-state index is 0. The van der Waals surface area contributed by atoms with Crippen LogP contribution in [0.1, 0.15) is 18.4 Å². The van der Waals surface area contributed by atoms with Crippen molar-refractivity contribution in [3.8, 4) is 5.88 Å². The third-order valence-corrected chi connectivity index (χ3v) is 2.76. The molecule has 0 amide bonds. The zero-order chi connectivity index (χ0) is 10.5. The molecule has 0 bridgehead atoms. The van der Waals surface area contributed by atoms with E-state index in [0.717, 1.165) is 25.6 Å². The first-order chi connectivity index (χ1) is 7.34. The molecule has 4 heteroatoms. The second kappa shape index (κ2) is 6.71. The van der Waals surface area contributed by atoms with Gasteiger partial charge in [0.05, 0.1) is 6.61 Å². The molecular weight excluding hydrogens is 224 g/mol. The van der Waals surface area contributed by atoms with E-state index < -0.39 is 0 Å². The molecule has 1 aliphatic heterocycles. The van der Waals surface area contributed by atoms with Crippen molar-refractivity contribution in [3.05, 3.63) is 23.9 Å². The van der Waals surface area contributed by atoms with Gasteiger partial charge in [-0.25, -0.2) is 4.98 Å². The van der Waals surface area contributed by atoms with E-state index in [0.29, 0.717) is 5.92 Å². The van der Waals surface area contributed by atoms with Crippen LogP contribution >= 0.6 is 12.4 Å². The molecule has 1 N–H and O–H groups in total. The maximum absolute atomic E-state index is 5.68. The maximum atomic E-state index is 5.68. The molecule has 1 fully saturated rings. The minimum Gasteiger partial charge on any atom is -0.477 e. The molecule has 1 saturated heterocycles. The van der Waals surface area contributed by atoms with Gasteiger partial charge in [-0.15, -0.1) is 12.4 Å². The lowest BCUT2D eigenvalue weighted by molar-refractivity contribution is 0.212. The topological polar surface area (TPSA) is 34.1 Å². The summed E-state index contributed by atoms with van der Waals surface area (Å²) in [4.78, 5) is 4.18. The van der Waals surface area contributed by atoms with Crippen LogP contribution < -0.4 is 10.1 Å². The molecule has 90 valence electrons. The van der Waals surface area contributed by atoms with Crippen LogP contribution in [0.25, 0.3) is 0 Å². The Labute approximate surface area is 103 Å². The van der Waals surface area contributed by atoms with Crippen molar-refractivity contribution in [2.75, 3.05) is 19.7 Å². The van der Waals surface area contributed by atoms with Gasteiger partial charge in [0.2, 0.25) is 5.88 Å². The molecule has 1 unspecified atom stereocenters. The number of halogens is 1. The third-order valence-electron chi connectivity index (χ3n) is 2.76. The fraction of sp³-hybridized carbons (Fsp3) is 0.583. The van der Waals surface area contributed by atoms with E-state index in [1.807, 2.05) is 12.1 Å². The van der Waals surface area contributed by atoms with Crippen molar-refractivity contribution in [1.29, 1.82) is 0 Å². The summed E-state index contributed by atoms with van der Waals surface area (Å²) >= 11 is 0. The van der Waals surface area contributed by atoms with Crippen molar-refractivity contribution in [3.63, 3.8) is 0 Å². The summed E-state index contributed by atoms with van der Waals surface area (Å²) in [5, 5.41) is 3.38. The normalized spacial score (nSPS) is 19.9. The summed E-state index contributed by atoms with van der Waals surface area (Å²) in [7, 11) is 0. The predicted molar refractivity (Wildman–Crippen MR) is 67.3 cm³/mol. The Bertz CT molecular complexity index is 314. The van der Waals surface area contributed by atoms with Gasteiger partial charge in [0.15, 0.2) is 0 Å². The average molecular weight is 243 g/mol. The summed E-state index contributed by atoms with van der Waals surface area (Å²) in [5.74, 6) is 1.39. The van der Waals surface area contributed by atoms with Crippen LogP contribution in [-0.4, -0.2) is 24.7 Å². The number of nitrogens with zero attached hydrogens (tertiary/aromatic N) is 1. The third kappa shape index (κ3) is 3.99. The van der Waals surface area contributed by atoms with Crippen molar-refractivity contribution >= 4 is 12.4 Å². The van der Waals surface area contributed by atoms with Crippen molar-refractivity contribution < 1.29 is 4.74 Å². The molecule has 1 atom stereocenters. The molecule has 3 nitrogen and oxygen atoms in total. The molecule has 0 spiro atoms. The van der Waals surface area contributed by atoms with Crippen LogP contribution in [0.5, 0.6) is 5.88 Å². The van der Waals surface area contributed by atoms with E-state index >= 15 is 0 Å². The molecule has 1 aromatic heterocycles. The van der Waals surface area contributed by atoms with Gasteiger partial charge in [0, 0.05) is 24.7 Å². The first kappa shape index (κ1) is 13.3. The highest BCUT2D eigenvalue weighted by Gasteiger charge is 2.13. The Balaban J connectivity index is 0.00000128. The van der Waals surface area contributed by atoms with E-state index in [-0.39, 0.29) is 12.4 Å². The van der Waals surface area contributed by atoms with Gasteiger partial charge in [0.1, 0.15) is 0 Å². The monoisotopic (exact) mass is 242 g/mol. The lowest BCUT2D eigenvalue weighted by Gasteiger charge is -2.22. The Kier molecular flexibility index (Phi) is 5.56. The predicted octanol–water partition coefficient (Wildman–Crippen LogP) is 2.19. The number of pyridine rings is 1. The molecule has 0 saturated carbocycles. The Morgan fingerprint density at radius 2 is 2.44 bits per heavy atom. The van der Waals surface area contributed by atoms with Crippen LogP contribution in [-0.2, 0) is 0 Å². The summed E-state index contributed by atoms with van der Waals surface area (Å²) in [6.45, 7) is 5.06. The molecule has 0 aliphatic carbocycles. The van der Waals surface area contributed by atoms with E-state index in [1.165, 1.54) is 18.4 Å². The summed E-state index contributed by atoms with van der Waals surface area (Å²) in [6, 6.07) is 3.96. The fourth-order valence-electron chi connectivity index (χ4n) is 1.86. The number of nitrogens with one attached hydrogen (secondary N) is 1. The van der Waals surface area contributed by atoms with E-state index in [2.05, 4.69) is 17.2 Å². The quantitative estimate of drug-likeness (QED) is 0.883.